The molecular formula is C27H34ClN5O3. The molecule has 4 heterocycles. The Morgan fingerprint density at radius 3 is 2.44 bits per heavy atom. The fourth-order valence-corrected chi connectivity index (χ4v) is 5.86. The Bertz CT molecular complexity index is 1240. The van der Waals surface area contributed by atoms with Crippen molar-refractivity contribution in [3.63, 3.8) is 0 Å². The number of imidazole rings is 1. The van der Waals surface area contributed by atoms with Crippen LogP contribution in [0, 0.1) is 5.92 Å². The number of piperidine rings is 2. The van der Waals surface area contributed by atoms with Gasteiger partial charge in [0, 0.05) is 56.1 Å². The Morgan fingerprint density at radius 1 is 1.03 bits per heavy atom. The summed E-state index contributed by atoms with van der Waals surface area (Å²) >= 11 is 6.24. The Morgan fingerprint density at radius 2 is 1.75 bits per heavy atom. The first kappa shape index (κ1) is 25.0. The quantitative estimate of drug-likeness (QED) is 0.485. The van der Waals surface area contributed by atoms with E-state index in [4.69, 9.17) is 16.3 Å². The van der Waals surface area contributed by atoms with E-state index in [2.05, 4.69) is 22.0 Å². The topological polar surface area (TPSA) is 72.6 Å². The van der Waals surface area contributed by atoms with Crippen molar-refractivity contribution in [3.8, 4) is 0 Å². The number of rotatable bonds is 7. The molecule has 2 aromatic heterocycles. The van der Waals surface area contributed by atoms with Gasteiger partial charge < -0.3 is 9.64 Å². The van der Waals surface area contributed by atoms with Gasteiger partial charge in [0.05, 0.1) is 24.2 Å². The number of pyridine rings is 1. The number of halogens is 1. The van der Waals surface area contributed by atoms with Gasteiger partial charge in [-0.3, -0.25) is 23.8 Å². The van der Waals surface area contributed by atoms with E-state index in [1.165, 1.54) is 5.56 Å². The van der Waals surface area contributed by atoms with Crippen molar-refractivity contribution in [2.75, 3.05) is 39.9 Å². The largest absolute Gasteiger partial charge is 0.383 e. The molecule has 0 aliphatic carbocycles. The van der Waals surface area contributed by atoms with Crippen LogP contribution in [-0.4, -0.2) is 69.7 Å². The standard InChI is InChI=1S/C27H34ClN5O3/c1-36-17-16-32-25-18-22(28)2-3-24(25)33(27(32)35)23-8-14-31(15-9-23)26(34)21-6-12-30(13-7-21)19-20-4-10-29-11-5-20/h2-5,10-11,18,21,23H,6-9,12-17,19H2,1H3. The first-order valence-corrected chi connectivity index (χ1v) is 13.2. The van der Waals surface area contributed by atoms with E-state index in [1.807, 2.05) is 40.1 Å². The maximum Gasteiger partial charge on any atom is 0.329 e. The number of amides is 1. The van der Waals surface area contributed by atoms with Crippen molar-refractivity contribution in [1.29, 1.82) is 0 Å². The van der Waals surface area contributed by atoms with Gasteiger partial charge in [0.2, 0.25) is 5.91 Å². The smallest absolute Gasteiger partial charge is 0.329 e. The molecule has 2 aliphatic heterocycles. The predicted octanol–water partition coefficient (Wildman–Crippen LogP) is 3.57. The van der Waals surface area contributed by atoms with Gasteiger partial charge >= 0.3 is 5.69 Å². The molecule has 1 aromatic carbocycles. The number of hydrogen-bond donors (Lipinski definition) is 0. The maximum atomic E-state index is 13.4. The number of methoxy groups -OCH3 is 1. The lowest BCUT2D eigenvalue weighted by atomic mass is 9.93. The van der Waals surface area contributed by atoms with Gasteiger partial charge in [-0.2, -0.15) is 0 Å². The molecule has 3 aromatic rings. The molecule has 2 aliphatic rings. The average Bonchev–Trinajstić information content (AvgIpc) is 3.18. The number of carbonyl (C=O) groups is 1. The second kappa shape index (κ2) is 11.2. The van der Waals surface area contributed by atoms with E-state index in [1.54, 1.807) is 11.7 Å². The third-order valence-corrected chi connectivity index (χ3v) is 7.91. The Kier molecular flexibility index (Phi) is 7.74. The zero-order chi connectivity index (χ0) is 25.1. The molecule has 0 N–H and O–H groups in total. The summed E-state index contributed by atoms with van der Waals surface area (Å²) in [5.41, 5.74) is 2.96. The molecule has 0 saturated carbocycles. The maximum absolute atomic E-state index is 13.4. The van der Waals surface area contributed by atoms with Crippen molar-refractivity contribution >= 4 is 28.5 Å². The number of ether oxygens (including phenoxy) is 1. The van der Waals surface area contributed by atoms with E-state index in [9.17, 15) is 9.59 Å². The van der Waals surface area contributed by atoms with Crippen LogP contribution < -0.4 is 5.69 Å². The van der Waals surface area contributed by atoms with E-state index in [0.717, 1.165) is 56.4 Å². The minimum atomic E-state index is -0.0318. The van der Waals surface area contributed by atoms with Gasteiger partial charge in [-0.05, 0) is 74.7 Å². The van der Waals surface area contributed by atoms with Crippen LogP contribution in [0.25, 0.3) is 11.0 Å². The molecule has 0 radical (unpaired) electrons. The number of likely N-dealkylation sites (tertiary alicyclic amines) is 2. The number of hydrogen-bond acceptors (Lipinski definition) is 5. The summed E-state index contributed by atoms with van der Waals surface area (Å²) in [4.78, 5) is 35.2. The molecule has 0 atom stereocenters. The third kappa shape index (κ3) is 5.21. The first-order chi connectivity index (χ1) is 17.5. The highest BCUT2D eigenvalue weighted by molar-refractivity contribution is 6.31. The molecular weight excluding hydrogens is 478 g/mol. The van der Waals surface area contributed by atoms with E-state index in [-0.39, 0.29) is 23.6 Å². The summed E-state index contributed by atoms with van der Waals surface area (Å²) in [6.45, 7) is 5.10. The average molecular weight is 512 g/mol. The van der Waals surface area contributed by atoms with Crippen molar-refractivity contribution in [2.45, 2.75) is 44.8 Å². The van der Waals surface area contributed by atoms with Gasteiger partial charge in [0.25, 0.3) is 0 Å². The number of fused-ring (bicyclic) bond motifs is 1. The zero-order valence-corrected chi connectivity index (χ0v) is 21.6. The van der Waals surface area contributed by atoms with Crippen LogP contribution in [0.15, 0.2) is 47.5 Å². The molecule has 5 rings (SSSR count). The van der Waals surface area contributed by atoms with E-state index >= 15 is 0 Å². The molecule has 2 fully saturated rings. The fraction of sp³-hybridized carbons (Fsp3) is 0.519. The normalized spacial score (nSPS) is 18.2. The first-order valence-electron chi connectivity index (χ1n) is 12.8. The van der Waals surface area contributed by atoms with Crippen LogP contribution in [0.2, 0.25) is 5.02 Å². The number of nitrogens with zero attached hydrogens (tertiary/aromatic N) is 5. The Balaban J connectivity index is 1.21. The predicted molar refractivity (Wildman–Crippen MR) is 140 cm³/mol. The SMILES string of the molecule is COCCn1c(=O)n(C2CCN(C(=O)C3CCN(Cc4ccncc4)CC3)CC2)c2ccc(Cl)cc21. The van der Waals surface area contributed by atoms with Crippen molar-refractivity contribution in [3.05, 3.63) is 63.8 Å². The van der Waals surface area contributed by atoms with Crippen LogP contribution >= 0.6 is 11.6 Å². The minimum absolute atomic E-state index is 0.0318. The monoisotopic (exact) mass is 511 g/mol. The number of carbonyl (C=O) groups excluding carboxylic acids is 1. The molecule has 1 amide bonds. The molecule has 192 valence electrons. The summed E-state index contributed by atoms with van der Waals surface area (Å²) in [6.07, 6.45) is 7.01. The van der Waals surface area contributed by atoms with Crippen molar-refractivity contribution < 1.29 is 9.53 Å². The van der Waals surface area contributed by atoms with Gasteiger partial charge in [-0.1, -0.05) is 11.6 Å². The molecule has 36 heavy (non-hydrogen) atoms. The van der Waals surface area contributed by atoms with Crippen LogP contribution in [0.3, 0.4) is 0 Å². The van der Waals surface area contributed by atoms with Crippen molar-refractivity contribution in [2.24, 2.45) is 5.92 Å². The molecule has 8 nitrogen and oxygen atoms in total. The summed E-state index contributed by atoms with van der Waals surface area (Å²) in [5.74, 6) is 0.370. The van der Waals surface area contributed by atoms with Gasteiger partial charge in [-0.25, -0.2) is 4.79 Å². The molecule has 0 bridgehead atoms. The van der Waals surface area contributed by atoms with E-state index < -0.39 is 0 Å². The Labute approximate surface area is 216 Å². The van der Waals surface area contributed by atoms with Crippen LogP contribution in [0.5, 0.6) is 0 Å². The molecule has 0 spiro atoms. The Hall–Kier alpha value is -2.68. The van der Waals surface area contributed by atoms with Crippen LogP contribution in [-0.2, 0) is 22.6 Å². The number of aromatic nitrogens is 3. The van der Waals surface area contributed by atoms with Crippen LogP contribution in [0.1, 0.15) is 37.3 Å². The summed E-state index contributed by atoms with van der Waals surface area (Å²) in [5, 5.41) is 0.609. The molecule has 9 heteroatoms. The third-order valence-electron chi connectivity index (χ3n) is 7.68. The van der Waals surface area contributed by atoms with Crippen LogP contribution in [0.4, 0.5) is 0 Å². The van der Waals surface area contributed by atoms with Gasteiger partial charge in [0.15, 0.2) is 0 Å². The fourth-order valence-electron chi connectivity index (χ4n) is 5.69. The number of benzene rings is 1. The summed E-state index contributed by atoms with van der Waals surface area (Å²) < 4.78 is 8.87. The highest BCUT2D eigenvalue weighted by Crippen LogP contribution is 2.29. The zero-order valence-electron chi connectivity index (χ0n) is 20.8. The summed E-state index contributed by atoms with van der Waals surface area (Å²) in [6, 6.07) is 9.78. The lowest BCUT2D eigenvalue weighted by Crippen LogP contribution is -2.46. The highest BCUT2D eigenvalue weighted by Gasteiger charge is 2.32. The second-order valence-electron chi connectivity index (χ2n) is 9.89. The molecule has 2 saturated heterocycles. The van der Waals surface area contributed by atoms with Gasteiger partial charge in [0.1, 0.15) is 0 Å². The minimum Gasteiger partial charge on any atom is -0.383 e. The second-order valence-corrected chi connectivity index (χ2v) is 10.3. The van der Waals surface area contributed by atoms with Crippen molar-refractivity contribution in [1.82, 2.24) is 23.9 Å². The van der Waals surface area contributed by atoms with Gasteiger partial charge in [-0.15, -0.1) is 0 Å². The molecule has 0 unspecified atom stereocenters. The van der Waals surface area contributed by atoms with E-state index in [0.29, 0.717) is 31.3 Å². The lowest BCUT2D eigenvalue weighted by Gasteiger charge is -2.37. The highest BCUT2D eigenvalue weighted by atomic mass is 35.5. The summed E-state index contributed by atoms with van der Waals surface area (Å²) in [7, 11) is 1.63. The lowest BCUT2D eigenvalue weighted by molar-refractivity contribution is -0.138.